The highest BCUT2D eigenvalue weighted by molar-refractivity contribution is 5.80. The Balaban J connectivity index is 1.39. The molecule has 0 radical (unpaired) electrons. The Labute approximate surface area is 267 Å². The Morgan fingerprint density at radius 2 is 1.52 bits per heavy atom. The summed E-state index contributed by atoms with van der Waals surface area (Å²) in [5.41, 5.74) is 2.66. The molecule has 242 valence electrons. The average molecular weight is 632 g/mol. The number of aromatic nitrogens is 3. The zero-order chi connectivity index (χ0) is 32.8. The van der Waals surface area contributed by atoms with Crippen molar-refractivity contribution in [1.82, 2.24) is 24.6 Å². The van der Waals surface area contributed by atoms with Crippen LogP contribution >= 0.6 is 0 Å². The third-order valence-corrected chi connectivity index (χ3v) is 8.85. The molecule has 7 nitrogen and oxygen atoms in total. The van der Waals surface area contributed by atoms with Crippen LogP contribution in [0.15, 0.2) is 83.7 Å². The number of rotatable bonds is 10. The molecule has 0 bridgehead atoms. The van der Waals surface area contributed by atoms with Crippen LogP contribution in [-0.4, -0.2) is 56.1 Å². The van der Waals surface area contributed by atoms with Gasteiger partial charge in [0.2, 0.25) is 5.91 Å². The maximum Gasteiger partial charge on any atom is 0.416 e. The average Bonchev–Trinajstić information content (AvgIpc) is 3.07. The van der Waals surface area contributed by atoms with Crippen molar-refractivity contribution in [3.8, 4) is 11.1 Å². The molecule has 10 heteroatoms. The van der Waals surface area contributed by atoms with Gasteiger partial charge in [-0.2, -0.15) is 23.3 Å². The van der Waals surface area contributed by atoms with Gasteiger partial charge in [0.15, 0.2) is 0 Å². The van der Waals surface area contributed by atoms with Crippen LogP contribution in [-0.2, 0) is 30.4 Å². The highest BCUT2D eigenvalue weighted by Crippen LogP contribution is 2.31. The van der Waals surface area contributed by atoms with Gasteiger partial charge >= 0.3 is 6.18 Å². The number of hydrogen-bond acceptors (Lipinski definition) is 5. The molecule has 5 rings (SSSR count). The summed E-state index contributed by atoms with van der Waals surface area (Å²) in [4.78, 5) is 35.5. The summed E-state index contributed by atoms with van der Waals surface area (Å²) in [6, 6.07) is 22.0. The van der Waals surface area contributed by atoms with Gasteiger partial charge in [-0.1, -0.05) is 73.7 Å². The van der Waals surface area contributed by atoms with Crippen molar-refractivity contribution < 1.29 is 18.0 Å². The monoisotopic (exact) mass is 631 g/mol. The fourth-order valence-electron chi connectivity index (χ4n) is 6.02. The molecule has 1 aromatic heterocycles. The third-order valence-electron chi connectivity index (χ3n) is 8.85. The van der Waals surface area contributed by atoms with Gasteiger partial charge in [0.1, 0.15) is 17.6 Å². The SMILES string of the molecule is CCN1CCC(N(Cc2ccc(-c3ccc(C(F)(F)F)cc3)cc2)C(=O)C(C)n2nc(C)c(=O)nc2CCc2ccccc2)CC1. The highest BCUT2D eigenvalue weighted by atomic mass is 19.4. The molecule has 3 aromatic carbocycles. The predicted molar refractivity (Wildman–Crippen MR) is 172 cm³/mol. The summed E-state index contributed by atoms with van der Waals surface area (Å²) in [5.74, 6) is 0.377. The lowest BCUT2D eigenvalue weighted by Crippen LogP contribution is -2.49. The minimum atomic E-state index is -4.38. The summed E-state index contributed by atoms with van der Waals surface area (Å²) in [6.07, 6.45) is -1.59. The molecule has 1 saturated heterocycles. The van der Waals surface area contributed by atoms with Gasteiger partial charge in [0.25, 0.3) is 5.56 Å². The molecule has 1 atom stereocenters. The Morgan fingerprint density at radius 1 is 0.913 bits per heavy atom. The smallest absolute Gasteiger partial charge is 0.333 e. The largest absolute Gasteiger partial charge is 0.416 e. The fourth-order valence-corrected chi connectivity index (χ4v) is 6.02. The third kappa shape index (κ3) is 7.91. The molecule has 0 aliphatic carbocycles. The zero-order valence-electron chi connectivity index (χ0n) is 26.5. The molecule has 1 aliphatic rings. The Kier molecular flexibility index (Phi) is 10.4. The van der Waals surface area contributed by atoms with E-state index in [1.165, 1.54) is 12.1 Å². The van der Waals surface area contributed by atoms with Crippen LogP contribution in [0.5, 0.6) is 0 Å². The number of carbonyl (C=O) groups is 1. The summed E-state index contributed by atoms with van der Waals surface area (Å²) in [6.45, 7) is 8.68. The van der Waals surface area contributed by atoms with Crippen LogP contribution in [0.2, 0.25) is 0 Å². The summed E-state index contributed by atoms with van der Waals surface area (Å²) in [7, 11) is 0. The minimum absolute atomic E-state index is 0.0218. The molecule has 1 aliphatic heterocycles. The molecule has 1 amide bonds. The first-order chi connectivity index (χ1) is 22.0. The number of halogens is 3. The van der Waals surface area contributed by atoms with Crippen molar-refractivity contribution in [2.45, 2.75) is 71.3 Å². The van der Waals surface area contributed by atoms with Gasteiger partial charge < -0.3 is 9.80 Å². The summed E-state index contributed by atoms with van der Waals surface area (Å²) >= 11 is 0. The van der Waals surface area contributed by atoms with Crippen LogP contribution in [0.3, 0.4) is 0 Å². The number of hydrogen-bond donors (Lipinski definition) is 0. The Bertz CT molecular complexity index is 1660. The second-order valence-corrected chi connectivity index (χ2v) is 11.9. The van der Waals surface area contributed by atoms with Crippen molar-refractivity contribution in [3.63, 3.8) is 0 Å². The van der Waals surface area contributed by atoms with Gasteiger partial charge in [-0.15, -0.1) is 0 Å². The number of nitrogens with zero attached hydrogens (tertiary/aromatic N) is 5. The van der Waals surface area contributed by atoms with Crippen LogP contribution in [0.25, 0.3) is 11.1 Å². The molecule has 4 aromatic rings. The summed E-state index contributed by atoms with van der Waals surface area (Å²) < 4.78 is 40.7. The molecule has 1 fully saturated rings. The van der Waals surface area contributed by atoms with Crippen molar-refractivity contribution in [2.75, 3.05) is 19.6 Å². The fraction of sp³-hybridized carbons (Fsp3) is 0.389. The van der Waals surface area contributed by atoms with Crippen LogP contribution in [0.4, 0.5) is 13.2 Å². The van der Waals surface area contributed by atoms with E-state index in [1.807, 2.05) is 66.4 Å². The summed E-state index contributed by atoms with van der Waals surface area (Å²) in [5, 5.41) is 4.55. The second-order valence-electron chi connectivity index (χ2n) is 11.9. The van der Waals surface area contributed by atoms with Crippen molar-refractivity contribution in [3.05, 3.63) is 117 Å². The predicted octanol–water partition coefficient (Wildman–Crippen LogP) is 6.49. The van der Waals surface area contributed by atoms with E-state index in [0.29, 0.717) is 30.8 Å². The van der Waals surface area contributed by atoms with E-state index in [-0.39, 0.29) is 17.6 Å². The van der Waals surface area contributed by atoms with Crippen LogP contribution in [0.1, 0.15) is 60.9 Å². The second kappa shape index (κ2) is 14.4. The number of aryl methyl sites for hydroxylation is 3. The van der Waals surface area contributed by atoms with Gasteiger partial charge in [-0.3, -0.25) is 9.59 Å². The van der Waals surface area contributed by atoms with Crippen molar-refractivity contribution in [2.24, 2.45) is 0 Å². The topological polar surface area (TPSA) is 71.3 Å². The molecular weight excluding hydrogens is 591 g/mol. The molecule has 0 N–H and O–H groups in total. The number of carbonyl (C=O) groups excluding carboxylic acids is 1. The number of amides is 1. The molecule has 46 heavy (non-hydrogen) atoms. The zero-order valence-corrected chi connectivity index (χ0v) is 26.5. The minimum Gasteiger partial charge on any atom is -0.333 e. The first kappa shape index (κ1) is 33.1. The van der Waals surface area contributed by atoms with E-state index in [2.05, 4.69) is 21.9 Å². The van der Waals surface area contributed by atoms with Gasteiger partial charge in [-0.25, -0.2) is 4.68 Å². The van der Waals surface area contributed by atoms with E-state index in [1.54, 1.807) is 11.6 Å². The highest BCUT2D eigenvalue weighted by Gasteiger charge is 2.33. The van der Waals surface area contributed by atoms with E-state index >= 15 is 0 Å². The lowest BCUT2D eigenvalue weighted by Gasteiger charge is -2.39. The van der Waals surface area contributed by atoms with Gasteiger partial charge in [0, 0.05) is 32.1 Å². The Morgan fingerprint density at radius 3 is 2.11 bits per heavy atom. The van der Waals surface area contributed by atoms with E-state index < -0.39 is 23.3 Å². The van der Waals surface area contributed by atoms with Gasteiger partial charge in [0.05, 0.1) is 5.56 Å². The quantitative estimate of drug-likeness (QED) is 0.200. The van der Waals surface area contributed by atoms with Crippen molar-refractivity contribution in [1.29, 1.82) is 0 Å². The molecule has 0 spiro atoms. The van der Waals surface area contributed by atoms with Crippen molar-refractivity contribution >= 4 is 5.91 Å². The molecule has 2 heterocycles. The number of benzene rings is 3. The van der Waals surface area contributed by atoms with Crippen LogP contribution < -0.4 is 5.56 Å². The number of piperidine rings is 1. The standard InChI is InChI=1S/C36H40F3N5O2/c1-4-42-22-20-32(21-23-42)43(24-28-10-13-29(14-11-28)30-15-17-31(18-16-30)36(37,38)39)35(46)26(3)44-33(40-34(45)25(2)41-44)19-12-27-8-6-5-7-9-27/h5-11,13-18,26,32H,4,12,19-24H2,1-3H3. The molecule has 0 saturated carbocycles. The molecular formula is C36H40F3N5O2. The van der Waals surface area contributed by atoms with Gasteiger partial charge in [-0.05, 0) is 74.0 Å². The normalized spacial score (nSPS) is 15.1. The first-order valence-electron chi connectivity index (χ1n) is 15.8. The number of likely N-dealkylation sites (tertiary alicyclic amines) is 1. The first-order valence-corrected chi connectivity index (χ1v) is 15.8. The van der Waals surface area contributed by atoms with Crippen LogP contribution in [0, 0.1) is 6.92 Å². The number of alkyl halides is 3. The van der Waals surface area contributed by atoms with E-state index in [4.69, 9.17) is 0 Å². The molecule has 1 unspecified atom stereocenters. The maximum atomic E-state index is 14.4. The Hall–Kier alpha value is -4.31. The lowest BCUT2D eigenvalue weighted by atomic mass is 9.99. The maximum absolute atomic E-state index is 14.4. The van der Waals surface area contributed by atoms with E-state index in [0.717, 1.165) is 61.3 Å². The lowest BCUT2D eigenvalue weighted by molar-refractivity contribution is -0.139. The van der Waals surface area contributed by atoms with E-state index in [9.17, 15) is 22.8 Å².